The molecule has 1 heterocycles. The Kier molecular flexibility index (Phi) is 4.53. The topological polar surface area (TPSA) is 89.7 Å². The number of halogens is 1. The van der Waals surface area contributed by atoms with E-state index in [1.54, 1.807) is 17.0 Å². The summed E-state index contributed by atoms with van der Waals surface area (Å²) < 4.78 is 0. The van der Waals surface area contributed by atoms with Crippen LogP contribution in [-0.4, -0.2) is 23.0 Å². The highest BCUT2D eigenvalue weighted by molar-refractivity contribution is 6.31. The normalized spacial score (nSPS) is 9.75. The van der Waals surface area contributed by atoms with Crippen LogP contribution in [0.25, 0.3) is 0 Å². The monoisotopic (exact) mass is 235 g/mol. The Hall–Kier alpha value is -1.82. The molecule has 0 unspecified atom stereocenters. The van der Waals surface area contributed by atoms with Gasteiger partial charge in [0.1, 0.15) is 5.82 Å². The lowest BCUT2D eigenvalue weighted by Crippen LogP contribution is -2.24. The summed E-state index contributed by atoms with van der Waals surface area (Å²) >= 11 is 5.93. The number of aromatic nitrogens is 1. The van der Waals surface area contributed by atoms with Crippen LogP contribution in [0.2, 0.25) is 5.02 Å². The highest BCUT2D eigenvalue weighted by atomic mass is 35.5. The quantitative estimate of drug-likeness (QED) is 0.791. The molecule has 1 rings (SSSR count). The van der Waals surface area contributed by atoms with Gasteiger partial charge in [0.2, 0.25) is 0 Å². The first-order valence-corrected chi connectivity index (χ1v) is 4.92. The molecule has 0 aliphatic carbocycles. The second-order valence-corrected chi connectivity index (χ2v) is 3.53. The highest BCUT2D eigenvalue weighted by Crippen LogP contribution is 2.16. The molecule has 0 atom stereocenters. The molecule has 0 aromatic carbocycles. The summed E-state index contributed by atoms with van der Waals surface area (Å²) in [7, 11) is 0. The van der Waals surface area contributed by atoms with E-state index in [1.807, 2.05) is 12.1 Å². The van der Waals surface area contributed by atoms with Crippen LogP contribution >= 0.6 is 11.6 Å². The Morgan fingerprint density at radius 3 is 2.50 bits per heavy atom. The molecule has 6 heteroatoms. The summed E-state index contributed by atoms with van der Waals surface area (Å²) in [5.74, 6) is 0.369. The largest absolute Gasteiger partial charge is 0.384 e. The molecular formula is C10H10ClN5. The van der Waals surface area contributed by atoms with Gasteiger partial charge in [-0.25, -0.2) is 4.98 Å². The zero-order valence-corrected chi connectivity index (χ0v) is 9.28. The molecule has 0 radical (unpaired) electrons. The van der Waals surface area contributed by atoms with Crippen LogP contribution in [0.1, 0.15) is 5.69 Å². The molecule has 5 nitrogen and oxygen atoms in total. The first-order chi connectivity index (χ1) is 7.67. The highest BCUT2D eigenvalue weighted by Gasteiger charge is 2.09. The maximum atomic E-state index is 8.59. The lowest BCUT2D eigenvalue weighted by atomic mass is 10.3. The Morgan fingerprint density at radius 2 is 1.94 bits per heavy atom. The molecule has 0 aliphatic heterocycles. The standard InChI is InChI=1S/C10H10ClN5/c11-8-1-2-10(14)15-9(8)7-16(5-3-12)6-4-13/h1-2H,5-7H2,(H2,14,15). The SMILES string of the molecule is N#CCN(CC#N)Cc1nc(N)ccc1Cl. The summed E-state index contributed by atoms with van der Waals surface area (Å²) in [4.78, 5) is 5.69. The summed E-state index contributed by atoms with van der Waals surface area (Å²) in [6.07, 6.45) is 0. The van der Waals surface area contributed by atoms with E-state index in [0.717, 1.165) is 0 Å². The fraction of sp³-hybridized carbons (Fsp3) is 0.300. The van der Waals surface area contributed by atoms with Crippen molar-refractivity contribution >= 4 is 17.4 Å². The van der Waals surface area contributed by atoms with Gasteiger partial charge in [-0.05, 0) is 12.1 Å². The predicted molar refractivity (Wildman–Crippen MR) is 60.2 cm³/mol. The van der Waals surface area contributed by atoms with Gasteiger partial charge >= 0.3 is 0 Å². The third kappa shape index (κ3) is 3.39. The number of nitrogens with two attached hydrogens (primary N) is 1. The fourth-order valence-corrected chi connectivity index (χ4v) is 1.36. The average Bonchev–Trinajstić information content (AvgIpc) is 2.24. The van der Waals surface area contributed by atoms with Crippen molar-refractivity contribution in [1.82, 2.24) is 9.88 Å². The van der Waals surface area contributed by atoms with Gasteiger partial charge in [-0.15, -0.1) is 0 Å². The minimum Gasteiger partial charge on any atom is -0.384 e. The molecular weight excluding hydrogens is 226 g/mol. The Bertz CT molecular complexity index is 430. The van der Waals surface area contributed by atoms with Gasteiger partial charge in [0.25, 0.3) is 0 Å². The van der Waals surface area contributed by atoms with Crippen LogP contribution in [0, 0.1) is 22.7 Å². The summed E-state index contributed by atoms with van der Waals surface area (Å²) in [5, 5.41) is 17.7. The average molecular weight is 236 g/mol. The number of anilines is 1. The first-order valence-electron chi connectivity index (χ1n) is 4.54. The Balaban J connectivity index is 2.81. The van der Waals surface area contributed by atoms with Gasteiger partial charge in [0.15, 0.2) is 0 Å². The van der Waals surface area contributed by atoms with Gasteiger partial charge in [-0.3, -0.25) is 4.90 Å². The summed E-state index contributed by atoms with van der Waals surface area (Å²) in [5.41, 5.74) is 6.11. The molecule has 0 amide bonds. The third-order valence-electron chi connectivity index (χ3n) is 1.90. The number of pyridine rings is 1. The lowest BCUT2D eigenvalue weighted by molar-refractivity contribution is 0.331. The van der Waals surface area contributed by atoms with E-state index in [9.17, 15) is 0 Å². The molecule has 0 spiro atoms. The lowest BCUT2D eigenvalue weighted by Gasteiger charge is -2.15. The van der Waals surface area contributed by atoms with Crippen molar-refractivity contribution in [2.45, 2.75) is 6.54 Å². The van der Waals surface area contributed by atoms with Crippen molar-refractivity contribution in [3.05, 3.63) is 22.8 Å². The molecule has 82 valence electrons. The van der Waals surface area contributed by atoms with E-state index >= 15 is 0 Å². The van der Waals surface area contributed by atoms with E-state index in [0.29, 0.717) is 23.1 Å². The van der Waals surface area contributed by atoms with Crippen molar-refractivity contribution in [2.75, 3.05) is 18.8 Å². The van der Waals surface area contributed by atoms with Crippen LogP contribution in [0.4, 0.5) is 5.82 Å². The van der Waals surface area contributed by atoms with Crippen molar-refractivity contribution < 1.29 is 0 Å². The van der Waals surface area contributed by atoms with Gasteiger partial charge in [-0.2, -0.15) is 10.5 Å². The van der Waals surface area contributed by atoms with E-state index in [4.69, 9.17) is 27.9 Å². The molecule has 0 saturated heterocycles. The maximum Gasteiger partial charge on any atom is 0.123 e. The van der Waals surface area contributed by atoms with E-state index in [1.165, 1.54) is 0 Å². The molecule has 2 N–H and O–H groups in total. The van der Waals surface area contributed by atoms with Crippen LogP contribution in [0.3, 0.4) is 0 Å². The number of nitriles is 2. The number of nitrogens with zero attached hydrogens (tertiary/aromatic N) is 4. The van der Waals surface area contributed by atoms with E-state index in [-0.39, 0.29) is 13.1 Å². The second kappa shape index (κ2) is 5.92. The van der Waals surface area contributed by atoms with Gasteiger partial charge in [-0.1, -0.05) is 11.6 Å². The number of rotatable bonds is 4. The van der Waals surface area contributed by atoms with Crippen molar-refractivity contribution in [3.63, 3.8) is 0 Å². The fourth-order valence-electron chi connectivity index (χ4n) is 1.19. The maximum absolute atomic E-state index is 8.59. The molecule has 16 heavy (non-hydrogen) atoms. The zero-order valence-electron chi connectivity index (χ0n) is 8.52. The molecule has 0 fully saturated rings. The van der Waals surface area contributed by atoms with Crippen LogP contribution in [0.15, 0.2) is 12.1 Å². The third-order valence-corrected chi connectivity index (χ3v) is 2.25. The molecule has 0 aliphatic rings. The van der Waals surface area contributed by atoms with Crippen LogP contribution in [0.5, 0.6) is 0 Å². The number of hydrogen-bond donors (Lipinski definition) is 1. The van der Waals surface area contributed by atoms with Crippen molar-refractivity contribution in [2.24, 2.45) is 0 Å². The molecule has 0 saturated carbocycles. The van der Waals surface area contributed by atoms with Crippen LogP contribution in [-0.2, 0) is 6.54 Å². The van der Waals surface area contributed by atoms with Gasteiger partial charge in [0, 0.05) is 6.54 Å². The minimum atomic E-state index is 0.153. The van der Waals surface area contributed by atoms with Gasteiger partial charge in [0.05, 0.1) is 35.9 Å². The van der Waals surface area contributed by atoms with Crippen molar-refractivity contribution in [3.8, 4) is 12.1 Å². The second-order valence-electron chi connectivity index (χ2n) is 3.13. The summed E-state index contributed by atoms with van der Waals surface area (Å²) in [6.45, 7) is 0.645. The summed E-state index contributed by atoms with van der Waals surface area (Å²) in [6, 6.07) is 7.21. The molecule has 0 bridgehead atoms. The first kappa shape index (κ1) is 12.3. The van der Waals surface area contributed by atoms with Gasteiger partial charge < -0.3 is 5.73 Å². The van der Waals surface area contributed by atoms with E-state index < -0.39 is 0 Å². The smallest absolute Gasteiger partial charge is 0.123 e. The Labute approximate surface area is 98.7 Å². The molecule has 1 aromatic rings. The van der Waals surface area contributed by atoms with Crippen LogP contribution < -0.4 is 5.73 Å². The number of nitrogen functional groups attached to an aromatic ring is 1. The molecule has 1 aromatic heterocycles. The number of hydrogen-bond acceptors (Lipinski definition) is 5. The van der Waals surface area contributed by atoms with Crippen molar-refractivity contribution in [1.29, 1.82) is 10.5 Å². The predicted octanol–water partition coefficient (Wildman–Crippen LogP) is 1.17. The van der Waals surface area contributed by atoms with E-state index in [2.05, 4.69) is 4.98 Å². The minimum absolute atomic E-state index is 0.153. The Morgan fingerprint density at radius 1 is 1.31 bits per heavy atom. The zero-order chi connectivity index (χ0) is 12.0.